The molecule has 2 aromatic rings. The molecule has 0 spiro atoms. The average molecular weight is 311 g/mol. The second kappa shape index (κ2) is 5.01. The maximum Gasteiger partial charge on any atom is 0.335 e. The monoisotopic (exact) mass is 310 g/mol. The van der Waals surface area contributed by atoms with E-state index in [0.717, 1.165) is 0 Å². The number of amides is 1. The zero-order valence-electron chi connectivity index (χ0n) is 8.88. The lowest BCUT2D eigenvalue weighted by atomic mass is 10.2. The summed E-state index contributed by atoms with van der Waals surface area (Å²) in [4.78, 5) is 22.5. The molecule has 0 atom stereocenters. The summed E-state index contributed by atoms with van der Waals surface area (Å²) in [6.07, 6.45) is 1.28. The van der Waals surface area contributed by atoms with Crippen molar-refractivity contribution in [2.45, 2.75) is 0 Å². The fraction of sp³-hybridized carbons (Fsp3) is 0. The average Bonchev–Trinajstić information content (AvgIpc) is 2.81. The highest BCUT2D eigenvalue weighted by Crippen LogP contribution is 2.20. The highest BCUT2D eigenvalue weighted by atomic mass is 79.9. The van der Waals surface area contributed by atoms with E-state index in [1.165, 1.54) is 24.5 Å². The number of aromatic nitrogens is 1. The van der Waals surface area contributed by atoms with Crippen LogP contribution in [-0.4, -0.2) is 22.1 Å². The van der Waals surface area contributed by atoms with E-state index >= 15 is 0 Å². The maximum absolute atomic E-state index is 11.7. The van der Waals surface area contributed by atoms with Gasteiger partial charge < -0.3 is 14.9 Å². The first-order chi connectivity index (χ1) is 8.56. The molecule has 1 aromatic carbocycles. The van der Waals surface area contributed by atoms with Crippen LogP contribution in [0.4, 0.5) is 5.69 Å². The van der Waals surface area contributed by atoms with E-state index in [4.69, 9.17) is 5.11 Å². The predicted octanol–water partition coefficient (Wildman–Crippen LogP) is 2.39. The molecule has 0 bridgehead atoms. The van der Waals surface area contributed by atoms with E-state index in [-0.39, 0.29) is 11.3 Å². The third-order valence-corrected chi connectivity index (χ3v) is 2.53. The lowest BCUT2D eigenvalue weighted by molar-refractivity contribution is 0.0696. The van der Waals surface area contributed by atoms with Gasteiger partial charge in [-0.15, -0.1) is 0 Å². The Balaban J connectivity index is 2.24. The van der Waals surface area contributed by atoms with Gasteiger partial charge in [-0.3, -0.25) is 4.79 Å². The number of hydrogen-bond donors (Lipinski definition) is 2. The fourth-order valence-electron chi connectivity index (χ4n) is 1.31. The zero-order valence-corrected chi connectivity index (χ0v) is 10.5. The largest absolute Gasteiger partial charge is 0.478 e. The summed E-state index contributed by atoms with van der Waals surface area (Å²) < 4.78 is 5.10. The van der Waals surface area contributed by atoms with E-state index < -0.39 is 11.9 Å². The summed E-state index contributed by atoms with van der Waals surface area (Å²) in [5, 5.41) is 14.9. The number of carbonyl (C=O) groups excluding carboxylic acids is 1. The summed E-state index contributed by atoms with van der Waals surface area (Å²) in [6.45, 7) is 0. The smallest absolute Gasteiger partial charge is 0.335 e. The SMILES string of the molecule is O=C(O)c1cc(Br)cc(NC(=O)c2ccon2)c1. The number of nitrogens with zero attached hydrogens (tertiary/aromatic N) is 1. The lowest BCUT2D eigenvalue weighted by Crippen LogP contribution is -2.12. The number of carboxylic acid groups (broad SMARTS) is 1. The number of rotatable bonds is 3. The van der Waals surface area contributed by atoms with E-state index in [1.807, 2.05) is 0 Å². The van der Waals surface area contributed by atoms with Crippen LogP contribution in [0.3, 0.4) is 0 Å². The Kier molecular flexibility index (Phi) is 3.42. The molecule has 92 valence electrons. The van der Waals surface area contributed by atoms with Gasteiger partial charge in [-0.2, -0.15) is 0 Å². The molecule has 1 heterocycles. The van der Waals surface area contributed by atoms with Crippen molar-refractivity contribution in [3.63, 3.8) is 0 Å². The van der Waals surface area contributed by atoms with Crippen molar-refractivity contribution in [3.8, 4) is 0 Å². The van der Waals surface area contributed by atoms with Gasteiger partial charge in [-0.25, -0.2) is 4.79 Å². The molecule has 1 amide bonds. The Hall–Kier alpha value is -2.15. The Morgan fingerprint density at radius 2 is 2.11 bits per heavy atom. The van der Waals surface area contributed by atoms with Gasteiger partial charge in [0, 0.05) is 16.2 Å². The van der Waals surface area contributed by atoms with Crippen LogP contribution in [0.5, 0.6) is 0 Å². The van der Waals surface area contributed by atoms with Crippen LogP contribution in [-0.2, 0) is 0 Å². The van der Waals surface area contributed by atoms with Crippen LogP contribution in [0.1, 0.15) is 20.8 Å². The lowest BCUT2D eigenvalue weighted by Gasteiger charge is -2.05. The quantitative estimate of drug-likeness (QED) is 0.908. The van der Waals surface area contributed by atoms with Crippen molar-refractivity contribution in [2.75, 3.05) is 5.32 Å². The molecule has 0 fully saturated rings. The highest BCUT2D eigenvalue weighted by Gasteiger charge is 2.11. The molecule has 1 aromatic heterocycles. The standard InChI is InChI=1S/C11H7BrN2O4/c12-7-3-6(11(16)17)4-8(5-7)13-10(15)9-1-2-18-14-9/h1-5H,(H,13,15)(H,16,17). The normalized spacial score (nSPS) is 10.1. The molecular weight excluding hydrogens is 304 g/mol. The van der Waals surface area contributed by atoms with Crippen LogP contribution in [0.25, 0.3) is 0 Å². The summed E-state index contributed by atoms with van der Waals surface area (Å²) in [7, 11) is 0. The first-order valence-corrected chi connectivity index (χ1v) is 5.61. The Bertz CT molecular complexity index is 595. The Labute approximate surface area is 110 Å². The topological polar surface area (TPSA) is 92.4 Å². The van der Waals surface area contributed by atoms with Crippen molar-refractivity contribution in [1.82, 2.24) is 5.16 Å². The number of aromatic carboxylic acids is 1. The van der Waals surface area contributed by atoms with Crippen LogP contribution in [0.15, 0.2) is 39.5 Å². The molecule has 6 nitrogen and oxygen atoms in total. The second-order valence-corrected chi connectivity index (χ2v) is 4.29. The van der Waals surface area contributed by atoms with E-state index in [2.05, 4.69) is 30.9 Å². The molecule has 0 aliphatic heterocycles. The Morgan fingerprint density at radius 1 is 1.33 bits per heavy atom. The van der Waals surface area contributed by atoms with E-state index in [9.17, 15) is 9.59 Å². The number of hydrogen-bond acceptors (Lipinski definition) is 4. The van der Waals surface area contributed by atoms with Gasteiger partial charge >= 0.3 is 5.97 Å². The predicted molar refractivity (Wildman–Crippen MR) is 65.6 cm³/mol. The first kappa shape index (κ1) is 12.3. The van der Waals surface area contributed by atoms with Crippen LogP contribution < -0.4 is 5.32 Å². The molecule has 2 rings (SSSR count). The summed E-state index contributed by atoms with van der Waals surface area (Å²) in [6, 6.07) is 5.79. The molecule has 18 heavy (non-hydrogen) atoms. The minimum Gasteiger partial charge on any atom is -0.478 e. The van der Waals surface area contributed by atoms with E-state index in [1.54, 1.807) is 6.07 Å². The van der Waals surface area contributed by atoms with Gasteiger partial charge in [0.15, 0.2) is 5.69 Å². The third kappa shape index (κ3) is 2.75. The minimum atomic E-state index is -1.08. The number of benzene rings is 1. The zero-order chi connectivity index (χ0) is 13.1. The highest BCUT2D eigenvalue weighted by molar-refractivity contribution is 9.10. The minimum absolute atomic E-state index is 0.0693. The molecule has 2 N–H and O–H groups in total. The molecule has 0 aliphatic rings. The number of carbonyl (C=O) groups is 2. The number of nitrogens with one attached hydrogen (secondary N) is 1. The molecule has 0 aliphatic carbocycles. The summed E-state index contributed by atoms with van der Waals surface area (Å²) in [5.74, 6) is -1.55. The van der Waals surface area contributed by atoms with Crippen LogP contribution in [0, 0.1) is 0 Å². The van der Waals surface area contributed by atoms with Gasteiger partial charge in [0.05, 0.1) is 5.56 Å². The first-order valence-electron chi connectivity index (χ1n) is 4.82. The molecule has 0 unspecified atom stereocenters. The number of halogens is 1. The van der Waals surface area contributed by atoms with Crippen molar-refractivity contribution >= 4 is 33.5 Å². The van der Waals surface area contributed by atoms with Crippen LogP contribution in [0.2, 0.25) is 0 Å². The van der Waals surface area contributed by atoms with Crippen molar-refractivity contribution in [2.24, 2.45) is 0 Å². The molecule has 0 radical (unpaired) electrons. The van der Waals surface area contributed by atoms with Crippen LogP contribution >= 0.6 is 15.9 Å². The number of anilines is 1. The van der Waals surface area contributed by atoms with Crippen molar-refractivity contribution in [1.29, 1.82) is 0 Å². The fourth-order valence-corrected chi connectivity index (χ4v) is 1.80. The molecule has 0 saturated heterocycles. The van der Waals surface area contributed by atoms with Gasteiger partial charge in [0.2, 0.25) is 0 Å². The number of carboxylic acids is 1. The van der Waals surface area contributed by atoms with E-state index in [0.29, 0.717) is 10.2 Å². The summed E-state index contributed by atoms with van der Waals surface area (Å²) in [5.41, 5.74) is 0.543. The van der Waals surface area contributed by atoms with Gasteiger partial charge in [0.1, 0.15) is 6.26 Å². The van der Waals surface area contributed by atoms with Gasteiger partial charge in [-0.1, -0.05) is 21.1 Å². The molecule has 7 heteroatoms. The van der Waals surface area contributed by atoms with Gasteiger partial charge in [-0.05, 0) is 18.2 Å². The Morgan fingerprint density at radius 3 is 2.72 bits per heavy atom. The second-order valence-electron chi connectivity index (χ2n) is 3.37. The molecule has 0 saturated carbocycles. The maximum atomic E-state index is 11.7. The van der Waals surface area contributed by atoms with Gasteiger partial charge in [0.25, 0.3) is 5.91 Å². The third-order valence-electron chi connectivity index (χ3n) is 2.07. The molecular formula is C11H7BrN2O4. The van der Waals surface area contributed by atoms with Crippen molar-refractivity contribution < 1.29 is 19.2 Å². The summed E-state index contributed by atoms with van der Waals surface area (Å²) >= 11 is 3.17. The van der Waals surface area contributed by atoms with Crippen molar-refractivity contribution in [3.05, 3.63) is 46.3 Å².